The van der Waals surface area contributed by atoms with Gasteiger partial charge in [-0.2, -0.15) is 0 Å². The lowest BCUT2D eigenvalue weighted by atomic mass is 9.90. The Hall–Kier alpha value is -1.72. The second-order valence-electron chi connectivity index (χ2n) is 6.12. The van der Waals surface area contributed by atoms with E-state index in [-0.39, 0.29) is 5.82 Å². The zero-order valence-electron chi connectivity index (χ0n) is 12.4. The van der Waals surface area contributed by atoms with Gasteiger partial charge >= 0.3 is 5.97 Å². The highest BCUT2D eigenvalue weighted by atomic mass is 32.1. The fraction of sp³-hybridized carbons (Fsp3) is 0.353. The van der Waals surface area contributed by atoms with Crippen molar-refractivity contribution in [1.29, 1.82) is 0 Å². The van der Waals surface area contributed by atoms with E-state index in [1.807, 2.05) is 23.6 Å². The van der Waals surface area contributed by atoms with Crippen molar-refractivity contribution in [2.75, 3.05) is 13.1 Å². The molecule has 1 aliphatic heterocycles. The predicted octanol–water partition coefficient (Wildman–Crippen LogP) is 3.85. The molecule has 1 atom stereocenters. The van der Waals surface area contributed by atoms with Crippen LogP contribution in [0.1, 0.15) is 18.9 Å². The van der Waals surface area contributed by atoms with E-state index in [9.17, 15) is 14.3 Å². The summed E-state index contributed by atoms with van der Waals surface area (Å²) in [5.74, 6) is -0.962. The number of carbonyl (C=O) groups is 1. The number of likely N-dealkylation sites (tertiary alicyclic amines) is 1. The average molecular weight is 319 g/mol. The zero-order valence-corrected chi connectivity index (χ0v) is 13.2. The van der Waals surface area contributed by atoms with Crippen LogP contribution >= 0.6 is 11.3 Å². The molecule has 1 N–H and O–H groups in total. The van der Waals surface area contributed by atoms with Crippen LogP contribution < -0.4 is 0 Å². The highest BCUT2D eigenvalue weighted by Crippen LogP contribution is 2.32. The van der Waals surface area contributed by atoms with E-state index in [1.54, 1.807) is 13.0 Å². The van der Waals surface area contributed by atoms with Gasteiger partial charge in [-0.3, -0.25) is 9.69 Å². The number of hydrogen-bond acceptors (Lipinski definition) is 3. The molecule has 3 rings (SSSR count). The topological polar surface area (TPSA) is 40.5 Å². The predicted molar refractivity (Wildman–Crippen MR) is 85.3 cm³/mol. The largest absolute Gasteiger partial charge is 0.481 e. The molecule has 0 saturated carbocycles. The Kier molecular flexibility index (Phi) is 4.02. The standard InChI is InChI=1S/C17H18FNO2S/c1-17(16(20)21)6-7-19(11-17)10-12-4-5-14(18)13(9-12)15-3-2-8-22-15/h2-5,8-9H,6-7,10-11H2,1H3,(H,20,21). The summed E-state index contributed by atoms with van der Waals surface area (Å²) in [5, 5.41) is 11.2. The second kappa shape index (κ2) is 5.82. The number of thiophene rings is 1. The van der Waals surface area contributed by atoms with Crippen LogP contribution in [0.15, 0.2) is 35.7 Å². The number of hydrogen-bond donors (Lipinski definition) is 1. The summed E-state index contributed by atoms with van der Waals surface area (Å²) in [5.41, 5.74) is 0.962. The number of carboxylic acids is 1. The number of benzene rings is 1. The van der Waals surface area contributed by atoms with Gasteiger partial charge in [0.05, 0.1) is 5.41 Å². The minimum absolute atomic E-state index is 0.219. The molecule has 1 fully saturated rings. The highest BCUT2D eigenvalue weighted by Gasteiger charge is 2.40. The van der Waals surface area contributed by atoms with Crippen molar-refractivity contribution >= 4 is 17.3 Å². The molecule has 0 amide bonds. The number of nitrogens with zero attached hydrogens (tertiary/aromatic N) is 1. The van der Waals surface area contributed by atoms with Crippen molar-refractivity contribution in [3.05, 3.63) is 47.1 Å². The Morgan fingerprint density at radius 2 is 2.27 bits per heavy atom. The summed E-state index contributed by atoms with van der Waals surface area (Å²) in [6, 6.07) is 8.96. The molecule has 22 heavy (non-hydrogen) atoms. The number of carboxylic acid groups (broad SMARTS) is 1. The Morgan fingerprint density at radius 3 is 2.91 bits per heavy atom. The Balaban J connectivity index is 1.77. The SMILES string of the molecule is CC1(C(=O)O)CCN(Cc2ccc(F)c(-c3cccs3)c2)C1. The Morgan fingerprint density at radius 1 is 1.45 bits per heavy atom. The summed E-state index contributed by atoms with van der Waals surface area (Å²) in [6.07, 6.45) is 0.654. The van der Waals surface area contributed by atoms with Gasteiger partial charge in [-0.05, 0) is 49.0 Å². The van der Waals surface area contributed by atoms with Crippen LogP contribution in [0.2, 0.25) is 0 Å². The van der Waals surface area contributed by atoms with Crippen LogP contribution in [0.5, 0.6) is 0 Å². The first-order valence-electron chi connectivity index (χ1n) is 7.26. The summed E-state index contributed by atoms with van der Waals surface area (Å²) < 4.78 is 14.0. The van der Waals surface area contributed by atoms with Crippen molar-refractivity contribution in [2.24, 2.45) is 5.41 Å². The first kappa shape index (κ1) is 15.2. The molecule has 1 unspecified atom stereocenters. The monoisotopic (exact) mass is 319 g/mol. The molecule has 0 spiro atoms. The summed E-state index contributed by atoms with van der Waals surface area (Å²) in [6.45, 7) is 3.74. The van der Waals surface area contributed by atoms with E-state index in [0.717, 1.165) is 17.0 Å². The van der Waals surface area contributed by atoms with Gasteiger partial charge in [0.25, 0.3) is 0 Å². The molecule has 0 aliphatic carbocycles. The van der Waals surface area contributed by atoms with E-state index in [0.29, 0.717) is 25.1 Å². The number of rotatable bonds is 4. The second-order valence-corrected chi connectivity index (χ2v) is 7.07. The molecule has 116 valence electrons. The zero-order chi connectivity index (χ0) is 15.7. The molecule has 1 aliphatic rings. The molecule has 0 bridgehead atoms. The van der Waals surface area contributed by atoms with E-state index in [4.69, 9.17) is 0 Å². The normalized spacial score (nSPS) is 22.1. The van der Waals surface area contributed by atoms with Crippen LogP contribution in [0, 0.1) is 11.2 Å². The highest BCUT2D eigenvalue weighted by molar-refractivity contribution is 7.13. The summed E-state index contributed by atoms with van der Waals surface area (Å²) >= 11 is 1.51. The first-order valence-corrected chi connectivity index (χ1v) is 8.14. The van der Waals surface area contributed by atoms with Crippen molar-refractivity contribution in [3.63, 3.8) is 0 Å². The van der Waals surface area contributed by atoms with Crippen LogP contribution in [-0.4, -0.2) is 29.1 Å². The van der Waals surface area contributed by atoms with Crippen molar-refractivity contribution < 1.29 is 14.3 Å². The van der Waals surface area contributed by atoms with Gasteiger partial charge in [0, 0.05) is 23.5 Å². The number of halogens is 1. The Labute approximate surface area is 133 Å². The third-order valence-electron chi connectivity index (χ3n) is 4.29. The smallest absolute Gasteiger partial charge is 0.310 e. The van der Waals surface area contributed by atoms with E-state index in [1.165, 1.54) is 17.4 Å². The molecular weight excluding hydrogens is 301 g/mol. The molecule has 3 nitrogen and oxygen atoms in total. The van der Waals surface area contributed by atoms with Gasteiger partial charge in [0.1, 0.15) is 5.82 Å². The van der Waals surface area contributed by atoms with E-state index in [2.05, 4.69) is 4.90 Å². The van der Waals surface area contributed by atoms with Crippen LogP contribution in [-0.2, 0) is 11.3 Å². The molecule has 0 radical (unpaired) electrons. The maximum atomic E-state index is 14.0. The number of aliphatic carboxylic acids is 1. The van der Waals surface area contributed by atoms with Gasteiger partial charge in [0.2, 0.25) is 0 Å². The Bertz CT molecular complexity index is 686. The van der Waals surface area contributed by atoms with Gasteiger partial charge in [-0.25, -0.2) is 4.39 Å². The molecule has 1 aromatic carbocycles. The lowest BCUT2D eigenvalue weighted by Gasteiger charge is -2.20. The first-order chi connectivity index (χ1) is 10.5. The maximum Gasteiger partial charge on any atom is 0.310 e. The van der Waals surface area contributed by atoms with Crippen molar-refractivity contribution in [2.45, 2.75) is 19.9 Å². The summed E-state index contributed by atoms with van der Waals surface area (Å²) in [4.78, 5) is 14.3. The van der Waals surface area contributed by atoms with Crippen LogP contribution in [0.4, 0.5) is 4.39 Å². The van der Waals surface area contributed by atoms with Gasteiger partial charge < -0.3 is 5.11 Å². The minimum atomic E-state index is -0.742. The van der Waals surface area contributed by atoms with Gasteiger partial charge in [-0.15, -0.1) is 11.3 Å². The fourth-order valence-electron chi connectivity index (χ4n) is 2.92. The molecule has 5 heteroatoms. The van der Waals surface area contributed by atoms with E-state index >= 15 is 0 Å². The van der Waals surface area contributed by atoms with Gasteiger partial charge in [-0.1, -0.05) is 12.1 Å². The maximum absolute atomic E-state index is 14.0. The molecule has 1 aromatic heterocycles. The van der Waals surface area contributed by atoms with Crippen molar-refractivity contribution in [3.8, 4) is 10.4 Å². The van der Waals surface area contributed by atoms with Crippen LogP contribution in [0.3, 0.4) is 0 Å². The summed E-state index contributed by atoms with van der Waals surface area (Å²) in [7, 11) is 0. The lowest BCUT2D eigenvalue weighted by molar-refractivity contribution is -0.147. The lowest BCUT2D eigenvalue weighted by Crippen LogP contribution is -2.31. The van der Waals surface area contributed by atoms with Crippen LogP contribution in [0.25, 0.3) is 10.4 Å². The molecule has 1 saturated heterocycles. The van der Waals surface area contributed by atoms with E-state index < -0.39 is 11.4 Å². The van der Waals surface area contributed by atoms with Crippen molar-refractivity contribution in [1.82, 2.24) is 4.90 Å². The average Bonchev–Trinajstić information content (AvgIpc) is 3.12. The fourth-order valence-corrected chi connectivity index (χ4v) is 3.66. The third-order valence-corrected chi connectivity index (χ3v) is 5.20. The molecule has 2 aromatic rings. The van der Waals surface area contributed by atoms with Gasteiger partial charge in [0.15, 0.2) is 0 Å². The minimum Gasteiger partial charge on any atom is -0.481 e. The molecule has 2 heterocycles. The third kappa shape index (κ3) is 2.91. The quantitative estimate of drug-likeness (QED) is 0.930. The molecular formula is C17H18FNO2S.